The summed E-state index contributed by atoms with van der Waals surface area (Å²) in [5.74, 6) is -0.140. The lowest BCUT2D eigenvalue weighted by atomic mass is 10.1. The van der Waals surface area contributed by atoms with Gasteiger partial charge in [-0.1, -0.05) is 35.9 Å². The zero-order chi connectivity index (χ0) is 20.3. The predicted octanol–water partition coefficient (Wildman–Crippen LogP) is 2.18. The van der Waals surface area contributed by atoms with E-state index in [0.717, 1.165) is 21.7 Å². The second-order valence-electron chi connectivity index (χ2n) is 6.78. The average molecular weight is 418 g/mol. The topological polar surface area (TPSA) is 69.2 Å². The van der Waals surface area contributed by atoms with Gasteiger partial charge in [0.05, 0.1) is 23.4 Å². The SMILES string of the molecule is Cc1ccc(C)c(-n2nnn(C[NH+](C)CC(=O)Nc3ccccc3Cl)c2=S)c1. The molecule has 2 N–H and O–H groups in total. The van der Waals surface area contributed by atoms with E-state index in [4.69, 9.17) is 23.8 Å². The molecule has 0 saturated heterocycles. The van der Waals surface area contributed by atoms with Crippen molar-refractivity contribution >= 4 is 35.4 Å². The molecule has 1 heterocycles. The fraction of sp³-hybridized carbons (Fsp3) is 0.263. The van der Waals surface area contributed by atoms with E-state index in [2.05, 4.69) is 15.7 Å². The van der Waals surface area contributed by atoms with Gasteiger partial charge in [-0.3, -0.25) is 4.79 Å². The number of para-hydroxylation sites is 1. The van der Waals surface area contributed by atoms with Gasteiger partial charge in [0.15, 0.2) is 13.2 Å². The van der Waals surface area contributed by atoms with Crippen molar-refractivity contribution in [1.29, 1.82) is 0 Å². The molecule has 0 fully saturated rings. The summed E-state index contributed by atoms with van der Waals surface area (Å²) in [6.45, 7) is 4.68. The maximum Gasteiger partial charge on any atom is 0.279 e. The minimum Gasteiger partial charge on any atom is -0.320 e. The molecule has 9 heteroatoms. The zero-order valence-corrected chi connectivity index (χ0v) is 17.5. The monoisotopic (exact) mass is 417 g/mol. The van der Waals surface area contributed by atoms with Crippen LogP contribution >= 0.6 is 23.8 Å². The Morgan fingerprint density at radius 3 is 2.71 bits per heavy atom. The Kier molecular flexibility index (Phi) is 6.23. The first-order valence-corrected chi connectivity index (χ1v) is 9.60. The number of tetrazole rings is 1. The van der Waals surface area contributed by atoms with E-state index in [1.165, 1.54) is 0 Å². The van der Waals surface area contributed by atoms with Gasteiger partial charge in [-0.2, -0.15) is 9.36 Å². The number of rotatable bonds is 6. The maximum atomic E-state index is 12.3. The quantitative estimate of drug-likeness (QED) is 0.603. The molecular formula is C19H22ClN6OS+. The zero-order valence-electron chi connectivity index (χ0n) is 15.9. The molecule has 3 aromatic rings. The predicted molar refractivity (Wildman–Crippen MR) is 111 cm³/mol. The first kappa shape index (κ1) is 20.2. The average Bonchev–Trinajstić information content (AvgIpc) is 2.99. The third-order valence-corrected chi connectivity index (χ3v) is 4.98. The Bertz CT molecular complexity index is 1060. The highest BCUT2D eigenvalue weighted by atomic mass is 35.5. The molecule has 1 atom stereocenters. The molecule has 1 unspecified atom stereocenters. The third-order valence-electron chi connectivity index (χ3n) is 4.26. The number of hydrogen-bond donors (Lipinski definition) is 2. The molecular weight excluding hydrogens is 396 g/mol. The number of nitrogens with zero attached hydrogens (tertiary/aromatic N) is 4. The maximum absolute atomic E-state index is 12.3. The summed E-state index contributed by atoms with van der Waals surface area (Å²) in [5, 5.41) is 11.7. The van der Waals surface area contributed by atoms with E-state index >= 15 is 0 Å². The van der Waals surface area contributed by atoms with E-state index in [0.29, 0.717) is 22.1 Å². The van der Waals surface area contributed by atoms with Crippen LogP contribution in [-0.2, 0) is 11.5 Å². The fourth-order valence-electron chi connectivity index (χ4n) is 2.81. The summed E-state index contributed by atoms with van der Waals surface area (Å²) in [6, 6.07) is 13.2. The van der Waals surface area contributed by atoms with E-state index < -0.39 is 0 Å². The number of aryl methyl sites for hydroxylation is 2. The molecule has 3 rings (SSSR count). The number of anilines is 1. The fourth-order valence-corrected chi connectivity index (χ4v) is 3.23. The second-order valence-corrected chi connectivity index (χ2v) is 7.56. The smallest absolute Gasteiger partial charge is 0.279 e. The largest absolute Gasteiger partial charge is 0.320 e. The van der Waals surface area contributed by atoms with Gasteiger partial charge in [-0.05, 0) is 65.8 Å². The van der Waals surface area contributed by atoms with Crippen LogP contribution in [0.15, 0.2) is 42.5 Å². The number of amides is 1. The molecule has 0 aliphatic rings. The summed E-state index contributed by atoms with van der Waals surface area (Å²) >= 11 is 11.6. The van der Waals surface area contributed by atoms with Crippen molar-refractivity contribution in [2.24, 2.45) is 0 Å². The lowest BCUT2D eigenvalue weighted by Gasteiger charge is -2.13. The van der Waals surface area contributed by atoms with Crippen LogP contribution in [0.25, 0.3) is 5.69 Å². The summed E-state index contributed by atoms with van der Waals surface area (Å²) < 4.78 is 3.75. The molecule has 0 spiro atoms. The molecule has 2 aromatic carbocycles. The van der Waals surface area contributed by atoms with Gasteiger partial charge in [-0.15, -0.1) is 0 Å². The number of halogens is 1. The van der Waals surface area contributed by atoms with Gasteiger partial charge in [0, 0.05) is 0 Å². The lowest BCUT2D eigenvalue weighted by Crippen LogP contribution is -3.09. The van der Waals surface area contributed by atoms with Crippen LogP contribution in [0.4, 0.5) is 5.69 Å². The highest BCUT2D eigenvalue weighted by Gasteiger charge is 2.15. The summed E-state index contributed by atoms with van der Waals surface area (Å²) in [6.07, 6.45) is 0. The minimum absolute atomic E-state index is 0.140. The van der Waals surface area contributed by atoms with Crippen LogP contribution in [0.3, 0.4) is 0 Å². The molecule has 146 valence electrons. The molecule has 28 heavy (non-hydrogen) atoms. The van der Waals surface area contributed by atoms with Crippen LogP contribution in [0.5, 0.6) is 0 Å². The van der Waals surface area contributed by atoms with Gasteiger partial charge < -0.3 is 10.2 Å². The standard InChI is InChI=1S/C19H21ClN6OS/c1-13-8-9-14(2)17(10-13)26-19(28)25(22-23-26)12-24(3)11-18(27)21-16-7-5-4-6-15(16)20/h4-10H,11-12H2,1-3H3,(H,21,27)/p+1. The van der Waals surface area contributed by atoms with Gasteiger partial charge in [-0.25, -0.2) is 0 Å². The van der Waals surface area contributed by atoms with Crippen LogP contribution < -0.4 is 10.2 Å². The number of carbonyl (C=O) groups is 1. The lowest BCUT2D eigenvalue weighted by molar-refractivity contribution is -0.895. The van der Waals surface area contributed by atoms with Crippen molar-refractivity contribution in [3.05, 3.63) is 63.4 Å². The Morgan fingerprint density at radius 2 is 1.96 bits per heavy atom. The number of nitrogens with one attached hydrogen (secondary N) is 2. The van der Waals surface area contributed by atoms with Crippen molar-refractivity contribution < 1.29 is 9.69 Å². The molecule has 0 bridgehead atoms. The van der Waals surface area contributed by atoms with Gasteiger partial charge in [0.1, 0.15) is 0 Å². The van der Waals surface area contributed by atoms with E-state index in [9.17, 15) is 4.79 Å². The Morgan fingerprint density at radius 1 is 1.21 bits per heavy atom. The molecule has 1 amide bonds. The number of carbonyl (C=O) groups excluding carboxylic acids is 1. The van der Waals surface area contributed by atoms with Gasteiger partial charge in [0.2, 0.25) is 4.77 Å². The molecule has 7 nitrogen and oxygen atoms in total. The molecule has 0 radical (unpaired) electrons. The van der Waals surface area contributed by atoms with Crippen molar-refractivity contribution in [1.82, 2.24) is 19.8 Å². The summed E-state index contributed by atoms with van der Waals surface area (Å²) in [7, 11) is 1.89. The number of benzene rings is 2. The Balaban J connectivity index is 1.68. The number of hydrogen-bond acceptors (Lipinski definition) is 4. The Hall–Kier alpha value is -2.55. The highest BCUT2D eigenvalue weighted by Crippen LogP contribution is 2.20. The summed E-state index contributed by atoms with van der Waals surface area (Å²) in [5.41, 5.74) is 3.69. The van der Waals surface area contributed by atoms with E-state index in [1.807, 2.05) is 51.2 Å². The minimum atomic E-state index is -0.140. The van der Waals surface area contributed by atoms with E-state index in [-0.39, 0.29) is 12.5 Å². The molecule has 0 saturated carbocycles. The molecule has 0 aliphatic carbocycles. The number of aromatic nitrogens is 4. The first-order chi connectivity index (χ1) is 13.3. The van der Waals surface area contributed by atoms with Crippen LogP contribution in [0.2, 0.25) is 5.02 Å². The van der Waals surface area contributed by atoms with E-state index in [1.54, 1.807) is 21.5 Å². The highest BCUT2D eigenvalue weighted by molar-refractivity contribution is 7.71. The normalized spacial score (nSPS) is 12.0. The molecule has 0 aliphatic heterocycles. The number of likely N-dealkylation sites (N-methyl/N-ethyl adjacent to an activating group) is 1. The first-order valence-electron chi connectivity index (χ1n) is 8.81. The van der Waals surface area contributed by atoms with Crippen molar-refractivity contribution in [2.45, 2.75) is 20.5 Å². The number of quaternary nitrogens is 1. The van der Waals surface area contributed by atoms with Crippen molar-refractivity contribution in [3.8, 4) is 5.69 Å². The molecule has 1 aromatic heterocycles. The van der Waals surface area contributed by atoms with Crippen LogP contribution in [0, 0.1) is 18.6 Å². The second kappa shape index (κ2) is 8.64. The third kappa shape index (κ3) is 4.64. The van der Waals surface area contributed by atoms with Crippen LogP contribution in [-0.4, -0.2) is 39.3 Å². The van der Waals surface area contributed by atoms with Crippen LogP contribution in [0.1, 0.15) is 11.1 Å². The summed E-state index contributed by atoms with van der Waals surface area (Å²) in [4.78, 5) is 13.2. The van der Waals surface area contributed by atoms with Crippen molar-refractivity contribution in [2.75, 3.05) is 18.9 Å². The van der Waals surface area contributed by atoms with Gasteiger partial charge >= 0.3 is 0 Å². The van der Waals surface area contributed by atoms with Gasteiger partial charge in [0.25, 0.3) is 5.91 Å². The van der Waals surface area contributed by atoms with Crippen molar-refractivity contribution in [3.63, 3.8) is 0 Å². The Labute approximate surface area is 173 Å².